The van der Waals surface area contributed by atoms with Gasteiger partial charge in [0.05, 0.1) is 43.7 Å². The molecule has 7 rings (SSSR count). The molecule has 0 aromatic rings. The van der Waals surface area contributed by atoms with Crippen molar-refractivity contribution in [1.82, 2.24) is 0 Å². The summed E-state index contributed by atoms with van der Waals surface area (Å²) in [5, 5.41) is 142. The van der Waals surface area contributed by atoms with Crippen molar-refractivity contribution in [2.24, 2.45) is 45.3 Å². The van der Waals surface area contributed by atoms with Gasteiger partial charge in [-0.2, -0.15) is 0 Å². The Morgan fingerprint density at radius 1 is 0.657 bits per heavy atom. The van der Waals surface area contributed by atoms with Crippen molar-refractivity contribution in [3.63, 3.8) is 0 Å². The van der Waals surface area contributed by atoms with Crippen molar-refractivity contribution in [2.45, 2.75) is 223 Å². The lowest BCUT2D eigenvalue weighted by atomic mass is 9.34. The van der Waals surface area contributed by atoms with Crippen LogP contribution in [-0.4, -0.2) is 202 Å². The maximum Gasteiger partial charge on any atom is 0.187 e. The molecule has 7 aliphatic rings. The van der Waals surface area contributed by atoms with Crippen molar-refractivity contribution in [3.05, 3.63) is 11.6 Å². The fourth-order valence-electron chi connectivity index (χ4n) is 14.8. The Labute approximate surface area is 393 Å². The van der Waals surface area contributed by atoms with E-state index in [0.29, 0.717) is 51.4 Å². The predicted molar refractivity (Wildman–Crippen MR) is 235 cm³/mol. The van der Waals surface area contributed by atoms with Crippen LogP contribution in [0.5, 0.6) is 0 Å². The summed E-state index contributed by atoms with van der Waals surface area (Å²) in [5.41, 5.74) is -2.41. The van der Waals surface area contributed by atoms with E-state index in [2.05, 4.69) is 26.8 Å². The molecule has 4 aliphatic carbocycles. The molecule has 3 heterocycles. The molecule has 0 unspecified atom stereocenters. The number of rotatable bonds is 13. The Balaban J connectivity index is 1.20. The smallest absolute Gasteiger partial charge is 0.187 e. The first-order chi connectivity index (χ1) is 31.2. The first kappa shape index (κ1) is 53.8. The standard InChI is InChI=1S/C48H82O19/c1-21(2)10-9-13-48(8,67-43-39(61)35(57)32(54)26(19-50)65-43)22-11-15-46(6)30(22)23(51)16-28-45(5)14-12-29(52)44(3,4)40(45)24(17-47(28,46)7)63-42-38(60)36(58)33(55)27(66-42)20-62-41-37(59)34(56)31(53)25(18-49)64-41/h10,22-43,49-61H,9,11-20H2,1-8H3/t22-,23+,24-,25+,26-,27+,28+,29-,30-,31+,32-,33+,34-,35+,36-,37+,38+,39-,40+,41-,42-,43+,45+,46+,47+,48-/m0/s1. The number of aliphatic hydroxyl groups is 13. The number of aliphatic hydroxyl groups excluding tert-OH is 13. The molecule has 0 spiro atoms. The molecule has 0 radical (unpaired) electrons. The minimum absolute atomic E-state index is 0.0841. The summed E-state index contributed by atoms with van der Waals surface area (Å²) in [7, 11) is 0. The van der Waals surface area contributed by atoms with E-state index in [-0.39, 0.29) is 23.7 Å². The molecule has 67 heavy (non-hydrogen) atoms. The molecule has 3 aliphatic heterocycles. The highest BCUT2D eigenvalue weighted by Crippen LogP contribution is 2.76. The van der Waals surface area contributed by atoms with Gasteiger partial charge >= 0.3 is 0 Å². The quantitative estimate of drug-likeness (QED) is 0.0773. The topological polar surface area (TPSA) is 318 Å². The summed E-state index contributed by atoms with van der Waals surface area (Å²) in [6, 6.07) is 0. The minimum Gasteiger partial charge on any atom is -0.394 e. The summed E-state index contributed by atoms with van der Waals surface area (Å²) in [5.74, 6) is -1.11. The molecule has 0 amide bonds. The summed E-state index contributed by atoms with van der Waals surface area (Å²) in [6.07, 6.45) is -19.3. The van der Waals surface area contributed by atoms with Gasteiger partial charge in [0, 0.05) is 0 Å². The third-order valence-corrected chi connectivity index (χ3v) is 18.7. The highest BCUT2D eigenvalue weighted by molar-refractivity contribution is 5.22. The number of hydrogen-bond donors (Lipinski definition) is 13. The second kappa shape index (κ2) is 19.8. The molecule has 26 atom stereocenters. The van der Waals surface area contributed by atoms with Crippen LogP contribution < -0.4 is 0 Å². The zero-order chi connectivity index (χ0) is 49.5. The van der Waals surface area contributed by atoms with Crippen molar-refractivity contribution in [1.29, 1.82) is 0 Å². The lowest BCUT2D eigenvalue weighted by molar-refractivity contribution is -0.357. The van der Waals surface area contributed by atoms with Crippen molar-refractivity contribution in [3.8, 4) is 0 Å². The number of hydrogen-bond acceptors (Lipinski definition) is 19. The van der Waals surface area contributed by atoms with E-state index in [0.717, 1.165) is 5.57 Å². The molecule has 0 aromatic carbocycles. The average molecular weight is 963 g/mol. The Morgan fingerprint density at radius 3 is 1.78 bits per heavy atom. The average Bonchev–Trinajstić information content (AvgIpc) is 3.66. The van der Waals surface area contributed by atoms with E-state index in [9.17, 15) is 66.4 Å². The van der Waals surface area contributed by atoms with Gasteiger partial charge in [-0.1, -0.05) is 46.3 Å². The van der Waals surface area contributed by atoms with Gasteiger partial charge in [-0.05, 0) is 117 Å². The van der Waals surface area contributed by atoms with Crippen LogP contribution >= 0.6 is 0 Å². The Bertz CT molecular complexity index is 1710. The highest BCUT2D eigenvalue weighted by atomic mass is 16.7. The third kappa shape index (κ3) is 9.13. The molecular formula is C48H82O19. The molecule has 19 heteroatoms. The molecule has 0 bridgehead atoms. The van der Waals surface area contributed by atoms with Crippen LogP contribution in [0.25, 0.3) is 0 Å². The fraction of sp³-hybridized carbons (Fsp3) is 0.958. The van der Waals surface area contributed by atoms with Crippen LogP contribution in [0, 0.1) is 45.3 Å². The van der Waals surface area contributed by atoms with Gasteiger partial charge in [0.2, 0.25) is 0 Å². The Morgan fingerprint density at radius 2 is 1.19 bits per heavy atom. The molecule has 3 saturated heterocycles. The van der Waals surface area contributed by atoms with Gasteiger partial charge in [-0.15, -0.1) is 0 Å². The van der Waals surface area contributed by atoms with Crippen LogP contribution in [0.1, 0.15) is 107 Å². The third-order valence-electron chi connectivity index (χ3n) is 18.7. The lowest BCUT2D eigenvalue weighted by Gasteiger charge is -2.72. The maximum absolute atomic E-state index is 12.7. The van der Waals surface area contributed by atoms with E-state index < -0.39 is 158 Å². The second-order valence-corrected chi connectivity index (χ2v) is 23.1. The number of allylic oxidation sites excluding steroid dienone is 2. The fourth-order valence-corrected chi connectivity index (χ4v) is 14.8. The van der Waals surface area contributed by atoms with Crippen molar-refractivity contribution in [2.75, 3.05) is 19.8 Å². The summed E-state index contributed by atoms with van der Waals surface area (Å²) in [6.45, 7) is 14.7. The van der Waals surface area contributed by atoms with E-state index >= 15 is 0 Å². The summed E-state index contributed by atoms with van der Waals surface area (Å²) < 4.78 is 37.1. The summed E-state index contributed by atoms with van der Waals surface area (Å²) in [4.78, 5) is 0. The van der Waals surface area contributed by atoms with Gasteiger partial charge in [0.1, 0.15) is 73.2 Å². The van der Waals surface area contributed by atoms with Crippen LogP contribution in [0.3, 0.4) is 0 Å². The van der Waals surface area contributed by atoms with Crippen LogP contribution in [-0.2, 0) is 28.4 Å². The molecule has 388 valence electrons. The predicted octanol–water partition coefficient (Wildman–Crippen LogP) is -1.06. The molecule has 4 saturated carbocycles. The van der Waals surface area contributed by atoms with E-state index in [1.807, 2.05) is 34.6 Å². The number of fused-ring (bicyclic) bond motifs is 5. The van der Waals surface area contributed by atoms with Crippen LogP contribution in [0.4, 0.5) is 0 Å². The van der Waals surface area contributed by atoms with Gasteiger partial charge in [0.25, 0.3) is 0 Å². The van der Waals surface area contributed by atoms with E-state index in [1.165, 1.54) is 0 Å². The Kier molecular flexibility index (Phi) is 15.9. The van der Waals surface area contributed by atoms with E-state index in [1.54, 1.807) is 0 Å². The van der Waals surface area contributed by atoms with Crippen molar-refractivity contribution < 1.29 is 94.8 Å². The Hall–Kier alpha value is -1.02. The van der Waals surface area contributed by atoms with E-state index in [4.69, 9.17) is 28.4 Å². The van der Waals surface area contributed by atoms with Gasteiger partial charge < -0.3 is 94.8 Å². The summed E-state index contributed by atoms with van der Waals surface area (Å²) >= 11 is 0. The first-order valence-electron chi connectivity index (χ1n) is 24.5. The molecule has 13 N–H and O–H groups in total. The largest absolute Gasteiger partial charge is 0.394 e. The molecular weight excluding hydrogens is 881 g/mol. The van der Waals surface area contributed by atoms with Crippen LogP contribution in [0.2, 0.25) is 0 Å². The zero-order valence-corrected chi connectivity index (χ0v) is 40.3. The second-order valence-electron chi connectivity index (χ2n) is 23.1. The minimum atomic E-state index is -1.78. The maximum atomic E-state index is 12.7. The van der Waals surface area contributed by atoms with Crippen molar-refractivity contribution >= 4 is 0 Å². The monoisotopic (exact) mass is 963 g/mol. The first-order valence-corrected chi connectivity index (χ1v) is 24.5. The molecule has 7 fully saturated rings. The van der Waals surface area contributed by atoms with Crippen LogP contribution in [0.15, 0.2) is 11.6 Å². The van der Waals surface area contributed by atoms with Gasteiger partial charge in [-0.25, -0.2) is 0 Å². The molecule has 19 nitrogen and oxygen atoms in total. The SMILES string of the molecule is CC(C)=CCC[C@](C)(O[C@H]1O[C@@H](CO)[C@H](O)[C@@H](O)[C@@H]1O)[C@H]1CC[C@]2(C)[C@@H]1[C@H](O)C[C@@H]1[C@@]3(C)CC[C@H](O)C(C)(C)[C@H]3[C@@H](O[C@H]3O[C@H](CO[C@H]4O[C@H](CO)[C@@H](O)[C@H](O)[C@H]4O)[C@@H](O)[C@H](O)[C@H]3O)C[C@]12C. The zero-order valence-electron chi connectivity index (χ0n) is 40.3. The molecule has 0 aromatic heterocycles. The van der Waals surface area contributed by atoms with Gasteiger partial charge in [-0.3, -0.25) is 0 Å². The highest BCUT2D eigenvalue weighted by Gasteiger charge is 2.74. The lowest BCUT2D eigenvalue weighted by Crippen LogP contribution is -2.71. The number of ether oxygens (including phenoxy) is 6. The normalized spacial score (nSPS) is 52.9. The van der Waals surface area contributed by atoms with Gasteiger partial charge in [0.15, 0.2) is 18.9 Å².